The molecule has 1 unspecified atom stereocenters. The molecule has 2 aliphatic rings. The Labute approximate surface area is 175 Å². The van der Waals surface area contributed by atoms with Crippen LogP contribution in [-0.2, 0) is 6.42 Å². The number of hydrogen-bond acceptors (Lipinski definition) is 5. The highest BCUT2D eigenvalue weighted by Crippen LogP contribution is 2.39. The number of phenolic OH excluding ortho intramolecular Hbond substituents is 1. The molecule has 2 heterocycles. The number of amides is 1. The van der Waals surface area contributed by atoms with E-state index < -0.39 is 0 Å². The third-order valence-corrected chi connectivity index (χ3v) is 6.32. The molecule has 1 atom stereocenters. The van der Waals surface area contributed by atoms with E-state index in [-0.39, 0.29) is 17.7 Å². The van der Waals surface area contributed by atoms with Crippen LogP contribution in [0.15, 0.2) is 48.5 Å². The Kier molecular flexibility index (Phi) is 4.94. The zero-order chi connectivity index (χ0) is 20.5. The van der Waals surface area contributed by atoms with Crippen molar-refractivity contribution in [2.45, 2.75) is 50.6 Å². The van der Waals surface area contributed by atoms with Gasteiger partial charge in [0.1, 0.15) is 11.8 Å². The molecule has 2 aromatic carbocycles. The smallest absolute Gasteiger partial charge is 0.255 e. The number of aromatic hydroxyl groups is 1. The predicted molar refractivity (Wildman–Crippen MR) is 111 cm³/mol. The maximum absolute atomic E-state index is 13.3. The van der Waals surface area contributed by atoms with Gasteiger partial charge in [0.15, 0.2) is 5.82 Å². The number of rotatable bonds is 5. The molecule has 1 fully saturated rings. The van der Waals surface area contributed by atoms with Gasteiger partial charge in [-0.2, -0.15) is 0 Å². The lowest BCUT2D eigenvalue weighted by atomic mass is 9.95. The van der Waals surface area contributed by atoms with Gasteiger partial charge in [-0.1, -0.05) is 49.6 Å². The minimum absolute atomic E-state index is 0.0209. The summed E-state index contributed by atoms with van der Waals surface area (Å²) in [6.45, 7) is 0.556. The lowest BCUT2D eigenvalue weighted by Gasteiger charge is -2.28. The van der Waals surface area contributed by atoms with E-state index in [4.69, 9.17) is 0 Å². The molecule has 1 aliphatic heterocycles. The second kappa shape index (κ2) is 7.89. The summed E-state index contributed by atoms with van der Waals surface area (Å²) < 4.78 is 1.97. The molecule has 0 radical (unpaired) electrons. The molecule has 1 aliphatic carbocycles. The van der Waals surface area contributed by atoms with E-state index in [1.54, 1.807) is 12.1 Å². The summed E-state index contributed by atoms with van der Waals surface area (Å²) in [7, 11) is 0. The van der Waals surface area contributed by atoms with E-state index in [2.05, 4.69) is 15.5 Å². The molecule has 1 saturated carbocycles. The van der Waals surface area contributed by atoms with Crippen LogP contribution in [0.1, 0.15) is 71.5 Å². The molecule has 7 nitrogen and oxygen atoms in total. The fourth-order valence-corrected chi connectivity index (χ4v) is 4.76. The number of phenols is 1. The maximum Gasteiger partial charge on any atom is 0.255 e. The first-order chi connectivity index (χ1) is 14.7. The van der Waals surface area contributed by atoms with Gasteiger partial charge in [0.05, 0.1) is 6.04 Å². The number of carbonyl (C=O) groups is 1. The summed E-state index contributed by atoms with van der Waals surface area (Å²) in [6, 6.07) is 14.9. The molecule has 1 amide bonds. The highest BCUT2D eigenvalue weighted by atomic mass is 16.3. The Morgan fingerprint density at radius 3 is 2.57 bits per heavy atom. The van der Waals surface area contributed by atoms with Gasteiger partial charge in [-0.3, -0.25) is 4.79 Å². The Morgan fingerprint density at radius 1 is 1.00 bits per heavy atom. The molecule has 7 heteroatoms. The molecule has 154 valence electrons. The molecular formula is C23H25N5O2. The number of hydrogen-bond donors (Lipinski definition) is 1. The van der Waals surface area contributed by atoms with Crippen LogP contribution in [0.3, 0.4) is 0 Å². The fourth-order valence-electron chi connectivity index (χ4n) is 4.76. The van der Waals surface area contributed by atoms with Crippen molar-refractivity contribution in [3.63, 3.8) is 0 Å². The summed E-state index contributed by atoms with van der Waals surface area (Å²) in [5.74, 6) is 1.02. The quantitative estimate of drug-likeness (QED) is 0.703. The minimum Gasteiger partial charge on any atom is -0.508 e. The van der Waals surface area contributed by atoms with Crippen molar-refractivity contribution in [2.75, 3.05) is 6.54 Å². The van der Waals surface area contributed by atoms with Crippen molar-refractivity contribution < 1.29 is 9.90 Å². The van der Waals surface area contributed by atoms with Crippen molar-refractivity contribution in [3.8, 4) is 5.75 Å². The van der Waals surface area contributed by atoms with Crippen LogP contribution in [0.5, 0.6) is 5.75 Å². The van der Waals surface area contributed by atoms with E-state index in [9.17, 15) is 9.90 Å². The molecule has 3 aromatic rings. The van der Waals surface area contributed by atoms with Gasteiger partial charge in [0.2, 0.25) is 0 Å². The van der Waals surface area contributed by atoms with Crippen molar-refractivity contribution in [2.24, 2.45) is 0 Å². The second-order valence-electron chi connectivity index (χ2n) is 8.18. The SMILES string of the molecule is O=C1c2ccccc2C(c2nnnn2C2CCCCC2)N1CCc1ccc(O)cc1. The zero-order valence-electron chi connectivity index (χ0n) is 16.8. The summed E-state index contributed by atoms with van der Waals surface area (Å²) in [4.78, 5) is 15.2. The molecule has 0 spiro atoms. The van der Waals surface area contributed by atoms with Crippen LogP contribution in [0, 0.1) is 0 Å². The van der Waals surface area contributed by atoms with E-state index in [0.29, 0.717) is 19.0 Å². The second-order valence-corrected chi connectivity index (χ2v) is 8.18. The third kappa shape index (κ3) is 3.34. The van der Waals surface area contributed by atoms with Gasteiger partial charge >= 0.3 is 0 Å². The maximum atomic E-state index is 13.3. The van der Waals surface area contributed by atoms with Crippen molar-refractivity contribution >= 4 is 5.91 Å². The van der Waals surface area contributed by atoms with E-state index in [1.165, 1.54) is 19.3 Å². The van der Waals surface area contributed by atoms with Gasteiger partial charge in [-0.25, -0.2) is 4.68 Å². The summed E-state index contributed by atoms with van der Waals surface area (Å²) in [5, 5.41) is 22.3. The first-order valence-electron chi connectivity index (χ1n) is 10.7. The van der Waals surface area contributed by atoms with Gasteiger partial charge < -0.3 is 10.0 Å². The Morgan fingerprint density at radius 2 is 1.77 bits per heavy atom. The van der Waals surface area contributed by atoms with E-state index in [1.807, 2.05) is 46.0 Å². The number of tetrazole rings is 1. The van der Waals surface area contributed by atoms with Crippen molar-refractivity contribution in [1.29, 1.82) is 0 Å². The third-order valence-electron chi connectivity index (χ3n) is 6.32. The van der Waals surface area contributed by atoms with Gasteiger partial charge in [0, 0.05) is 12.1 Å². The number of aromatic nitrogens is 4. The number of carbonyl (C=O) groups excluding carboxylic acids is 1. The summed E-state index contributed by atoms with van der Waals surface area (Å²) in [5.41, 5.74) is 2.77. The molecule has 30 heavy (non-hydrogen) atoms. The molecule has 0 saturated heterocycles. The average molecular weight is 403 g/mol. The first kappa shape index (κ1) is 18.8. The van der Waals surface area contributed by atoms with E-state index >= 15 is 0 Å². The minimum atomic E-state index is -0.275. The van der Waals surface area contributed by atoms with Gasteiger partial charge in [0.25, 0.3) is 5.91 Å². The van der Waals surface area contributed by atoms with Crippen molar-refractivity contribution in [1.82, 2.24) is 25.1 Å². The van der Waals surface area contributed by atoms with Crippen molar-refractivity contribution in [3.05, 3.63) is 71.0 Å². The highest BCUT2D eigenvalue weighted by Gasteiger charge is 2.41. The van der Waals surface area contributed by atoms with Crippen LogP contribution in [0.25, 0.3) is 0 Å². The van der Waals surface area contributed by atoms with Crippen LogP contribution in [0.2, 0.25) is 0 Å². The van der Waals surface area contributed by atoms with Gasteiger partial charge in [-0.05, 0) is 59.0 Å². The number of fused-ring (bicyclic) bond motifs is 1. The topological polar surface area (TPSA) is 84.1 Å². The van der Waals surface area contributed by atoms with Crippen LogP contribution < -0.4 is 0 Å². The summed E-state index contributed by atoms with van der Waals surface area (Å²) in [6.07, 6.45) is 6.49. The Balaban J connectivity index is 1.48. The molecular weight excluding hydrogens is 378 g/mol. The van der Waals surface area contributed by atoms with Crippen LogP contribution in [0.4, 0.5) is 0 Å². The highest BCUT2D eigenvalue weighted by molar-refractivity contribution is 5.99. The average Bonchev–Trinajstić information content (AvgIpc) is 3.37. The van der Waals surface area contributed by atoms with Crippen LogP contribution >= 0.6 is 0 Å². The molecule has 1 aromatic heterocycles. The first-order valence-corrected chi connectivity index (χ1v) is 10.7. The number of benzene rings is 2. The zero-order valence-corrected chi connectivity index (χ0v) is 16.8. The van der Waals surface area contributed by atoms with Gasteiger partial charge in [-0.15, -0.1) is 5.10 Å². The number of nitrogens with zero attached hydrogens (tertiary/aromatic N) is 5. The fraction of sp³-hybridized carbons (Fsp3) is 0.391. The molecule has 0 bridgehead atoms. The van der Waals surface area contributed by atoms with E-state index in [0.717, 1.165) is 35.4 Å². The lowest BCUT2D eigenvalue weighted by molar-refractivity contribution is 0.0741. The largest absolute Gasteiger partial charge is 0.508 e. The predicted octanol–water partition coefficient (Wildman–Crippen LogP) is 3.67. The standard InChI is InChI=1S/C23H25N5O2/c29-18-12-10-16(11-13-18)14-15-27-21(19-8-4-5-9-20(19)23(27)30)22-24-25-26-28(22)17-6-2-1-3-7-17/h4-5,8-13,17,21,29H,1-3,6-7,14-15H2. The summed E-state index contributed by atoms with van der Waals surface area (Å²) >= 11 is 0. The lowest BCUT2D eigenvalue weighted by Crippen LogP contribution is -2.33. The molecule has 1 N–H and O–H groups in total. The Hall–Kier alpha value is -3.22. The molecule has 5 rings (SSSR count). The van der Waals surface area contributed by atoms with Crippen LogP contribution in [-0.4, -0.2) is 42.7 Å². The normalized spacial score (nSPS) is 19.3. The monoisotopic (exact) mass is 403 g/mol. The Bertz CT molecular complexity index is 1040.